The summed E-state index contributed by atoms with van der Waals surface area (Å²) in [5.74, 6) is 0.843. The molecule has 0 amide bonds. The van der Waals surface area contributed by atoms with Crippen molar-refractivity contribution >= 4 is 10.0 Å². The highest BCUT2D eigenvalue weighted by molar-refractivity contribution is 7.89. The molecule has 6 heteroatoms. The molecule has 1 aliphatic rings. The summed E-state index contributed by atoms with van der Waals surface area (Å²) in [7, 11) is -1.63. The van der Waals surface area contributed by atoms with Crippen LogP contribution in [0.4, 0.5) is 0 Å². The van der Waals surface area contributed by atoms with Crippen LogP contribution in [-0.4, -0.2) is 35.6 Å². The lowest BCUT2D eigenvalue weighted by molar-refractivity contribution is 0.222. The Morgan fingerprint density at radius 3 is 2.35 bits per heavy atom. The lowest BCUT2D eigenvalue weighted by Gasteiger charge is -2.33. The first-order chi connectivity index (χ1) is 7.89. The highest BCUT2D eigenvalue weighted by Crippen LogP contribution is 2.26. The van der Waals surface area contributed by atoms with Crippen LogP contribution < -0.4 is 0 Å². The minimum absolute atomic E-state index is 0.293. The van der Waals surface area contributed by atoms with E-state index >= 15 is 0 Å². The second kappa shape index (κ2) is 4.42. The number of hydrogen-bond donors (Lipinski definition) is 0. The van der Waals surface area contributed by atoms with Crippen molar-refractivity contribution < 1.29 is 8.42 Å². The zero-order valence-corrected chi connectivity index (χ0v) is 11.3. The predicted molar refractivity (Wildman–Crippen MR) is 64.9 cm³/mol. The molecule has 0 bridgehead atoms. The molecular weight excluding hydrogens is 238 g/mol. The monoisotopic (exact) mass is 257 g/mol. The molecule has 1 aliphatic heterocycles. The fourth-order valence-electron chi connectivity index (χ4n) is 2.48. The maximum atomic E-state index is 12.4. The molecule has 0 spiro atoms. The summed E-state index contributed by atoms with van der Waals surface area (Å²) in [4.78, 5) is 0.293. The summed E-state index contributed by atoms with van der Waals surface area (Å²) < 4.78 is 27.8. The lowest BCUT2D eigenvalue weighted by Crippen LogP contribution is -2.42. The Kier molecular flexibility index (Phi) is 3.27. The maximum Gasteiger partial charge on any atom is 0.246 e. The zero-order valence-electron chi connectivity index (χ0n) is 10.5. The second-order valence-corrected chi connectivity index (χ2v) is 7.06. The van der Waals surface area contributed by atoms with Gasteiger partial charge >= 0.3 is 0 Å². The van der Waals surface area contributed by atoms with Gasteiger partial charge in [0.2, 0.25) is 10.0 Å². The van der Waals surface area contributed by atoms with Crippen LogP contribution in [0, 0.1) is 11.8 Å². The fourth-order valence-corrected chi connectivity index (χ4v) is 4.15. The number of hydrogen-bond acceptors (Lipinski definition) is 3. The molecule has 1 aromatic rings. The van der Waals surface area contributed by atoms with Crippen molar-refractivity contribution in [2.75, 3.05) is 13.1 Å². The summed E-state index contributed by atoms with van der Waals surface area (Å²) in [6, 6.07) is 0. The van der Waals surface area contributed by atoms with Crippen LogP contribution in [0.25, 0.3) is 0 Å². The smallest absolute Gasteiger partial charge is 0.246 e. The average Bonchev–Trinajstić information content (AvgIpc) is 2.64. The third kappa shape index (κ3) is 2.52. The van der Waals surface area contributed by atoms with Crippen molar-refractivity contribution in [1.29, 1.82) is 0 Å². The van der Waals surface area contributed by atoms with Gasteiger partial charge in [-0.1, -0.05) is 13.8 Å². The molecule has 5 nitrogen and oxygen atoms in total. The molecule has 0 radical (unpaired) electrons. The van der Waals surface area contributed by atoms with Crippen molar-refractivity contribution in [2.45, 2.75) is 25.2 Å². The van der Waals surface area contributed by atoms with Gasteiger partial charge in [-0.15, -0.1) is 0 Å². The van der Waals surface area contributed by atoms with E-state index in [1.165, 1.54) is 10.9 Å². The minimum atomic E-state index is -3.36. The standard InChI is InChI=1S/C11H19N3O2S/c1-9-4-10(2)7-14(6-9)17(15,16)11-5-12-13(3)8-11/h5,8-10H,4,6-7H2,1-3H3/t9-,10+. The van der Waals surface area contributed by atoms with Crippen LogP contribution in [-0.2, 0) is 17.1 Å². The van der Waals surface area contributed by atoms with Crippen molar-refractivity contribution in [3.63, 3.8) is 0 Å². The molecule has 1 saturated heterocycles. The first-order valence-electron chi connectivity index (χ1n) is 5.88. The van der Waals surface area contributed by atoms with Gasteiger partial charge < -0.3 is 0 Å². The van der Waals surface area contributed by atoms with E-state index in [1.807, 2.05) is 0 Å². The summed E-state index contributed by atoms with van der Waals surface area (Å²) in [5, 5.41) is 3.93. The van der Waals surface area contributed by atoms with Crippen LogP contribution in [0.1, 0.15) is 20.3 Å². The SMILES string of the molecule is C[C@@H]1C[C@H](C)CN(S(=O)(=O)c2cnn(C)c2)C1. The minimum Gasteiger partial charge on any atom is -0.274 e. The Hall–Kier alpha value is -0.880. The third-order valence-corrected chi connectivity index (χ3v) is 4.94. The van der Waals surface area contributed by atoms with E-state index in [0.29, 0.717) is 29.8 Å². The van der Waals surface area contributed by atoms with Gasteiger partial charge in [0.15, 0.2) is 0 Å². The summed E-state index contributed by atoms with van der Waals surface area (Å²) in [6.07, 6.45) is 4.07. The van der Waals surface area contributed by atoms with E-state index in [2.05, 4.69) is 18.9 Å². The molecule has 96 valence electrons. The number of aryl methyl sites for hydroxylation is 1. The third-order valence-electron chi connectivity index (χ3n) is 3.15. The number of aromatic nitrogens is 2. The molecular formula is C11H19N3O2S. The van der Waals surface area contributed by atoms with Gasteiger partial charge in [0.1, 0.15) is 4.90 Å². The average molecular weight is 257 g/mol. The summed E-state index contributed by atoms with van der Waals surface area (Å²) in [5.41, 5.74) is 0. The van der Waals surface area contributed by atoms with Crippen LogP contribution in [0.3, 0.4) is 0 Å². The van der Waals surface area contributed by atoms with Crippen molar-refractivity contribution in [2.24, 2.45) is 18.9 Å². The highest BCUT2D eigenvalue weighted by Gasteiger charge is 2.32. The van der Waals surface area contributed by atoms with Gasteiger partial charge in [-0.05, 0) is 18.3 Å². The van der Waals surface area contributed by atoms with Crippen molar-refractivity contribution in [3.05, 3.63) is 12.4 Å². The van der Waals surface area contributed by atoms with Gasteiger partial charge in [0, 0.05) is 26.3 Å². The molecule has 0 unspecified atom stereocenters. The molecule has 0 aromatic carbocycles. The van der Waals surface area contributed by atoms with Gasteiger partial charge in [-0.2, -0.15) is 9.40 Å². The lowest BCUT2D eigenvalue weighted by atomic mass is 9.94. The van der Waals surface area contributed by atoms with Crippen LogP contribution in [0.15, 0.2) is 17.3 Å². The quantitative estimate of drug-likeness (QED) is 0.797. The molecule has 2 atom stereocenters. The van der Waals surface area contributed by atoms with E-state index < -0.39 is 10.0 Å². The van der Waals surface area contributed by atoms with Gasteiger partial charge in [0.05, 0.1) is 6.20 Å². The zero-order chi connectivity index (χ0) is 12.6. The summed E-state index contributed by atoms with van der Waals surface area (Å²) >= 11 is 0. The molecule has 1 fully saturated rings. The van der Waals surface area contributed by atoms with E-state index in [1.54, 1.807) is 17.5 Å². The van der Waals surface area contributed by atoms with Gasteiger partial charge in [0.25, 0.3) is 0 Å². The van der Waals surface area contributed by atoms with E-state index in [4.69, 9.17) is 0 Å². The number of piperidine rings is 1. The molecule has 0 saturated carbocycles. The van der Waals surface area contributed by atoms with Crippen molar-refractivity contribution in [1.82, 2.24) is 14.1 Å². The molecule has 17 heavy (non-hydrogen) atoms. The maximum absolute atomic E-state index is 12.4. The van der Waals surface area contributed by atoms with Crippen LogP contribution in [0.5, 0.6) is 0 Å². The first kappa shape index (κ1) is 12.6. The Labute approximate surface area is 102 Å². The Morgan fingerprint density at radius 2 is 1.88 bits per heavy atom. The van der Waals surface area contributed by atoms with E-state index in [-0.39, 0.29) is 0 Å². The normalized spacial score (nSPS) is 27.2. The molecule has 0 N–H and O–H groups in total. The fraction of sp³-hybridized carbons (Fsp3) is 0.727. The molecule has 2 rings (SSSR count). The predicted octanol–water partition coefficient (Wildman–Crippen LogP) is 1.09. The summed E-state index contributed by atoms with van der Waals surface area (Å²) in [6.45, 7) is 5.42. The number of sulfonamides is 1. The van der Waals surface area contributed by atoms with Gasteiger partial charge in [-0.3, -0.25) is 4.68 Å². The molecule has 2 heterocycles. The van der Waals surface area contributed by atoms with E-state index in [0.717, 1.165) is 6.42 Å². The molecule has 1 aromatic heterocycles. The highest BCUT2D eigenvalue weighted by atomic mass is 32.2. The van der Waals surface area contributed by atoms with Gasteiger partial charge in [-0.25, -0.2) is 8.42 Å². The number of nitrogens with zero attached hydrogens (tertiary/aromatic N) is 3. The Balaban J connectivity index is 2.26. The topological polar surface area (TPSA) is 55.2 Å². The van der Waals surface area contributed by atoms with Crippen molar-refractivity contribution in [3.8, 4) is 0 Å². The van der Waals surface area contributed by atoms with E-state index in [9.17, 15) is 8.42 Å². The Morgan fingerprint density at radius 1 is 1.29 bits per heavy atom. The van der Waals surface area contributed by atoms with Crippen LogP contribution in [0.2, 0.25) is 0 Å². The van der Waals surface area contributed by atoms with Crippen LogP contribution >= 0.6 is 0 Å². The number of rotatable bonds is 2. The molecule has 0 aliphatic carbocycles. The second-order valence-electron chi connectivity index (χ2n) is 5.12. The Bertz CT molecular complexity index is 485. The first-order valence-corrected chi connectivity index (χ1v) is 7.32. The largest absolute Gasteiger partial charge is 0.274 e.